The summed E-state index contributed by atoms with van der Waals surface area (Å²) in [5.74, 6) is -0.460. The van der Waals surface area contributed by atoms with Gasteiger partial charge in [0, 0.05) is 23.2 Å². The van der Waals surface area contributed by atoms with E-state index in [1.54, 1.807) is 6.07 Å². The predicted molar refractivity (Wildman–Crippen MR) is 97.7 cm³/mol. The van der Waals surface area contributed by atoms with Crippen LogP contribution in [-0.2, 0) is 17.4 Å². The van der Waals surface area contributed by atoms with Crippen molar-refractivity contribution in [2.45, 2.75) is 25.9 Å². The monoisotopic (exact) mass is 374 g/mol. The van der Waals surface area contributed by atoms with Gasteiger partial charge in [0.1, 0.15) is 0 Å². The Morgan fingerprint density at radius 1 is 1.11 bits per heavy atom. The summed E-state index contributed by atoms with van der Waals surface area (Å²) in [4.78, 5) is 27.0. The van der Waals surface area contributed by atoms with Crippen molar-refractivity contribution < 1.29 is 18.0 Å². The van der Waals surface area contributed by atoms with Gasteiger partial charge >= 0.3 is 6.18 Å². The first kappa shape index (κ1) is 18.7. The third-order valence-electron chi connectivity index (χ3n) is 4.17. The molecule has 0 unspecified atom stereocenters. The minimum absolute atomic E-state index is 0.0172. The average molecular weight is 374 g/mol. The Hall–Kier alpha value is -3.09. The van der Waals surface area contributed by atoms with E-state index >= 15 is 0 Å². The van der Waals surface area contributed by atoms with E-state index in [0.717, 1.165) is 28.6 Å². The normalized spacial score (nSPS) is 11.6. The summed E-state index contributed by atoms with van der Waals surface area (Å²) in [7, 11) is 0. The van der Waals surface area contributed by atoms with Crippen LogP contribution in [0, 0.1) is 6.92 Å². The van der Waals surface area contributed by atoms with E-state index in [1.165, 1.54) is 12.1 Å². The standard InChI is InChI=1S/C20H17F3N2O2/c1-12-5-6-13-10-14(19(27)25-17(13)9-12)7-8-18(26)24-16-4-2-3-15(11-16)20(21,22)23/h2-6,9-11H,7-8H2,1H3,(H,24,26)(H,25,27). The van der Waals surface area contributed by atoms with Crippen molar-refractivity contribution in [2.24, 2.45) is 0 Å². The largest absolute Gasteiger partial charge is 0.416 e. The van der Waals surface area contributed by atoms with Crippen LogP contribution >= 0.6 is 0 Å². The minimum atomic E-state index is -4.47. The first-order chi connectivity index (χ1) is 12.7. The van der Waals surface area contributed by atoms with Gasteiger partial charge in [-0.25, -0.2) is 0 Å². The molecule has 27 heavy (non-hydrogen) atoms. The van der Waals surface area contributed by atoms with Crippen molar-refractivity contribution in [3.8, 4) is 0 Å². The average Bonchev–Trinajstić information content (AvgIpc) is 2.59. The van der Waals surface area contributed by atoms with Crippen molar-refractivity contribution >= 4 is 22.5 Å². The minimum Gasteiger partial charge on any atom is -0.326 e. The molecule has 0 aliphatic heterocycles. The Kier molecular flexibility index (Phi) is 5.03. The van der Waals surface area contributed by atoms with Gasteiger partial charge in [0.15, 0.2) is 0 Å². The molecule has 1 heterocycles. The number of pyridine rings is 1. The van der Waals surface area contributed by atoms with E-state index in [9.17, 15) is 22.8 Å². The highest BCUT2D eigenvalue weighted by atomic mass is 19.4. The fraction of sp³-hybridized carbons (Fsp3) is 0.200. The summed E-state index contributed by atoms with van der Waals surface area (Å²) in [6.07, 6.45) is -4.31. The van der Waals surface area contributed by atoms with Crippen LogP contribution in [0.1, 0.15) is 23.1 Å². The summed E-state index contributed by atoms with van der Waals surface area (Å²) >= 11 is 0. The fourth-order valence-corrected chi connectivity index (χ4v) is 2.79. The molecule has 0 aliphatic rings. The molecule has 2 aromatic carbocycles. The number of aromatic amines is 1. The van der Waals surface area contributed by atoms with Crippen molar-refractivity contribution in [2.75, 3.05) is 5.32 Å². The number of hydrogen-bond donors (Lipinski definition) is 2. The van der Waals surface area contributed by atoms with Crippen molar-refractivity contribution in [1.29, 1.82) is 0 Å². The Morgan fingerprint density at radius 2 is 1.89 bits per heavy atom. The number of carbonyl (C=O) groups excluding carboxylic acids is 1. The van der Waals surface area contributed by atoms with Crippen LogP contribution in [-0.4, -0.2) is 10.9 Å². The summed E-state index contributed by atoms with van der Waals surface area (Å²) in [5.41, 5.74) is 1.15. The Morgan fingerprint density at radius 3 is 2.63 bits per heavy atom. The highest BCUT2D eigenvalue weighted by molar-refractivity contribution is 5.91. The first-order valence-corrected chi connectivity index (χ1v) is 8.32. The van der Waals surface area contributed by atoms with Crippen molar-refractivity contribution in [3.05, 3.63) is 75.6 Å². The number of aryl methyl sites for hydroxylation is 2. The van der Waals surface area contributed by atoms with Crippen LogP contribution in [0.25, 0.3) is 10.9 Å². The maximum atomic E-state index is 12.7. The van der Waals surface area contributed by atoms with E-state index < -0.39 is 17.6 Å². The first-order valence-electron chi connectivity index (χ1n) is 8.32. The lowest BCUT2D eigenvalue weighted by Crippen LogP contribution is -2.17. The summed E-state index contributed by atoms with van der Waals surface area (Å²) < 4.78 is 38.2. The lowest BCUT2D eigenvalue weighted by Gasteiger charge is -2.10. The molecule has 3 rings (SSSR count). The fourth-order valence-electron chi connectivity index (χ4n) is 2.79. The molecule has 0 spiro atoms. The van der Waals surface area contributed by atoms with Crippen molar-refractivity contribution in [3.63, 3.8) is 0 Å². The molecule has 4 nitrogen and oxygen atoms in total. The summed E-state index contributed by atoms with van der Waals surface area (Å²) in [6.45, 7) is 1.92. The van der Waals surface area contributed by atoms with Gasteiger partial charge in [-0.3, -0.25) is 9.59 Å². The second-order valence-electron chi connectivity index (χ2n) is 6.34. The van der Waals surface area contributed by atoms with Gasteiger partial charge in [-0.05, 0) is 54.6 Å². The number of halogens is 3. The van der Waals surface area contributed by atoms with Gasteiger partial charge in [-0.1, -0.05) is 18.2 Å². The summed E-state index contributed by atoms with van der Waals surface area (Å²) in [6, 6.07) is 11.8. The molecule has 0 saturated heterocycles. The van der Waals surface area contributed by atoms with Gasteiger partial charge in [0.2, 0.25) is 5.91 Å². The topological polar surface area (TPSA) is 62.0 Å². The Bertz CT molecular complexity index is 1060. The SMILES string of the molecule is Cc1ccc2cc(CCC(=O)Nc3cccc(C(F)(F)F)c3)c(=O)[nH]c2c1. The highest BCUT2D eigenvalue weighted by Gasteiger charge is 2.30. The molecular formula is C20H17F3N2O2. The predicted octanol–water partition coefficient (Wildman–Crippen LogP) is 4.43. The van der Waals surface area contributed by atoms with Gasteiger partial charge in [-0.15, -0.1) is 0 Å². The van der Waals surface area contributed by atoms with Crippen LogP contribution in [0.3, 0.4) is 0 Å². The molecule has 0 atom stereocenters. The summed E-state index contributed by atoms with van der Waals surface area (Å²) in [5, 5.41) is 3.29. The number of aromatic nitrogens is 1. The molecule has 1 amide bonds. The third-order valence-corrected chi connectivity index (χ3v) is 4.17. The molecule has 3 aromatic rings. The molecule has 0 aliphatic carbocycles. The molecule has 0 radical (unpaired) electrons. The number of benzene rings is 2. The van der Waals surface area contributed by atoms with Gasteiger partial charge in [0.25, 0.3) is 5.56 Å². The van der Waals surface area contributed by atoms with Crippen LogP contribution in [0.4, 0.5) is 18.9 Å². The molecular weight excluding hydrogens is 357 g/mol. The second kappa shape index (κ2) is 7.26. The molecule has 7 heteroatoms. The zero-order chi connectivity index (χ0) is 19.6. The van der Waals surface area contributed by atoms with Gasteiger partial charge < -0.3 is 10.3 Å². The second-order valence-corrected chi connectivity index (χ2v) is 6.34. The number of carbonyl (C=O) groups is 1. The molecule has 140 valence electrons. The number of anilines is 1. The Labute approximate surface area is 153 Å². The number of amides is 1. The van der Waals surface area contributed by atoms with E-state index in [2.05, 4.69) is 10.3 Å². The molecule has 2 N–H and O–H groups in total. The van der Waals surface area contributed by atoms with Gasteiger partial charge in [-0.2, -0.15) is 13.2 Å². The number of fused-ring (bicyclic) bond motifs is 1. The number of H-pyrrole nitrogens is 1. The van der Waals surface area contributed by atoms with Crippen LogP contribution in [0.5, 0.6) is 0 Å². The maximum absolute atomic E-state index is 12.7. The number of nitrogens with one attached hydrogen (secondary N) is 2. The van der Waals surface area contributed by atoms with E-state index in [0.29, 0.717) is 5.56 Å². The highest BCUT2D eigenvalue weighted by Crippen LogP contribution is 2.30. The zero-order valence-electron chi connectivity index (χ0n) is 14.5. The van der Waals surface area contributed by atoms with Gasteiger partial charge in [0.05, 0.1) is 5.56 Å². The van der Waals surface area contributed by atoms with Crippen LogP contribution in [0.2, 0.25) is 0 Å². The maximum Gasteiger partial charge on any atom is 0.416 e. The van der Waals surface area contributed by atoms with Crippen LogP contribution in [0.15, 0.2) is 53.3 Å². The molecule has 1 aromatic heterocycles. The molecule has 0 saturated carbocycles. The number of rotatable bonds is 4. The number of hydrogen-bond acceptors (Lipinski definition) is 2. The molecule has 0 bridgehead atoms. The lowest BCUT2D eigenvalue weighted by molar-refractivity contribution is -0.137. The van der Waals surface area contributed by atoms with E-state index in [1.807, 2.05) is 25.1 Å². The number of alkyl halides is 3. The Balaban J connectivity index is 1.69. The zero-order valence-corrected chi connectivity index (χ0v) is 14.5. The smallest absolute Gasteiger partial charge is 0.326 e. The molecule has 0 fully saturated rings. The third kappa shape index (κ3) is 4.55. The quantitative estimate of drug-likeness (QED) is 0.710. The van der Waals surface area contributed by atoms with E-state index in [-0.39, 0.29) is 24.1 Å². The van der Waals surface area contributed by atoms with Crippen LogP contribution < -0.4 is 10.9 Å². The van der Waals surface area contributed by atoms with Crippen molar-refractivity contribution in [1.82, 2.24) is 4.98 Å². The lowest BCUT2D eigenvalue weighted by atomic mass is 10.1. The van der Waals surface area contributed by atoms with E-state index in [4.69, 9.17) is 0 Å².